The molecule has 1 rings (SSSR count). The lowest BCUT2D eigenvalue weighted by Gasteiger charge is -1.99. The molecule has 1 heterocycles. The van der Waals surface area contributed by atoms with E-state index in [0.29, 0.717) is 6.54 Å². The first kappa shape index (κ1) is 7.72. The van der Waals surface area contributed by atoms with Crippen molar-refractivity contribution in [2.45, 2.75) is 6.54 Å². The van der Waals surface area contributed by atoms with Crippen molar-refractivity contribution in [3.05, 3.63) is 37.0 Å². The summed E-state index contributed by atoms with van der Waals surface area (Å²) in [7, 11) is 0. The number of hydrogen-bond acceptors (Lipinski definition) is 2. The van der Waals surface area contributed by atoms with Crippen molar-refractivity contribution < 1.29 is 4.79 Å². The highest BCUT2D eigenvalue weighted by Gasteiger charge is 1.91. The Kier molecular flexibility index (Phi) is 2.60. The molecule has 0 spiro atoms. The molecule has 0 bridgehead atoms. The van der Waals surface area contributed by atoms with Crippen molar-refractivity contribution in [1.82, 2.24) is 10.3 Å². The molecular formula is C8H9N2O. The number of pyridine rings is 1. The van der Waals surface area contributed by atoms with Crippen LogP contribution in [0.15, 0.2) is 24.5 Å². The third-order valence-electron chi connectivity index (χ3n) is 1.21. The summed E-state index contributed by atoms with van der Waals surface area (Å²) in [6, 6.07) is 3.72. The van der Waals surface area contributed by atoms with E-state index in [1.54, 1.807) is 12.4 Å². The van der Waals surface area contributed by atoms with Gasteiger partial charge in [0.2, 0.25) is 5.91 Å². The molecule has 1 aromatic rings. The van der Waals surface area contributed by atoms with Crippen LogP contribution in [0.2, 0.25) is 0 Å². The van der Waals surface area contributed by atoms with Gasteiger partial charge in [-0.2, -0.15) is 0 Å². The van der Waals surface area contributed by atoms with Crippen molar-refractivity contribution in [3.63, 3.8) is 0 Å². The minimum Gasteiger partial charge on any atom is -0.352 e. The molecule has 11 heavy (non-hydrogen) atoms. The monoisotopic (exact) mass is 149 g/mol. The first-order valence-electron chi connectivity index (χ1n) is 3.28. The number of carbonyl (C=O) groups is 1. The second-order valence-electron chi connectivity index (χ2n) is 2.14. The molecule has 0 unspecified atom stereocenters. The molecule has 1 N–H and O–H groups in total. The van der Waals surface area contributed by atoms with Crippen LogP contribution in [0.3, 0.4) is 0 Å². The van der Waals surface area contributed by atoms with Crippen LogP contribution in [0.1, 0.15) is 5.56 Å². The topological polar surface area (TPSA) is 42.0 Å². The zero-order chi connectivity index (χ0) is 8.10. The Labute approximate surface area is 65.5 Å². The zero-order valence-corrected chi connectivity index (χ0v) is 6.08. The molecule has 3 heteroatoms. The standard InChI is InChI=1S/C8H9N2O/c1-7(11)10-6-8-3-2-4-9-5-8/h2-5H,1,6H2,(H,10,11). The molecule has 1 amide bonds. The molecular weight excluding hydrogens is 140 g/mol. The second-order valence-corrected chi connectivity index (χ2v) is 2.14. The average Bonchev–Trinajstić information content (AvgIpc) is 2.03. The Bertz CT molecular complexity index is 233. The normalized spacial score (nSPS) is 9.18. The molecule has 0 aliphatic carbocycles. The van der Waals surface area contributed by atoms with E-state index < -0.39 is 0 Å². The number of amides is 1. The summed E-state index contributed by atoms with van der Waals surface area (Å²) in [5.41, 5.74) is 0.976. The third kappa shape index (κ3) is 2.80. The van der Waals surface area contributed by atoms with E-state index in [1.807, 2.05) is 12.1 Å². The van der Waals surface area contributed by atoms with E-state index in [0.717, 1.165) is 5.56 Å². The zero-order valence-electron chi connectivity index (χ0n) is 6.08. The maximum Gasteiger partial charge on any atom is 0.220 e. The Balaban J connectivity index is 2.45. The van der Waals surface area contributed by atoms with E-state index in [9.17, 15) is 4.79 Å². The molecule has 57 valence electrons. The highest BCUT2D eigenvalue weighted by molar-refractivity contribution is 5.79. The summed E-state index contributed by atoms with van der Waals surface area (Å²) in [4.78, 5) is 14.3. The molecule has 3 nitrogen and oxygen atoms in total. The lowest BCUT2D eigenvalue weighted by atomic mass is 10.3. The molecule has 0 saturated carbocycles. The molecule has 0 aliphatic rings. The highest BCUT2D eigenvalue weighted by atomic mass is 16.1. The molecule has 0 aromatic carbocycles. The van der Waals surface area contributed by atoms with Crippen LogP contribution in [0, 0.1) is 6.92 Å². The number of carbonyl (C=O) groups excluding carboxylic acids is 1. The fraction of sp³-hybridized carbons (Fsp3) is 0.125. The van der Waals surface area contributed by atoms with Crippen LogP contribution in [0.25, 0.3) is 0 Å². The lowest BCUT2D eigenvalue weighted by molar-refractivity contribution is -0.116. The van der Waals surface area contributed by atoms with E-state index in [-0.39, 0.29) is 5.91 Å². The number of hydrogen-bond donors (Lipinski definition) is 1. The van der Waals surface area contributed by atoms with Crippen LogP contribution >= 0.6 is 0 Å². The fourth-order valence-electron chi connectivity index (χ4n) is 0.703. The van der Waals surface area contributed by atoms with Crippen molar-refractivity contribution in [3.8, 4) is 0 Å². The SMILES string of the molecule is [CH2]C(=O)NCc1cccnc1. The number of nitrogens with one attached hydrogen (secondary N) is 1. The van der Waals surface area contributed by atoms with Crippen LogP contribution in [0.4, 0.5) is 0 Å². The maximum atomic E-state index is 10.4. The van der Waals surface area contributed by atoms with E-state index in [4.69, 9.17) is 0 Å². The van der Waals surface area contributed by atoms with Crippen molar-refractivity contribution in [2.75, 3.05) is 0 Å². The highest BCUT2D eigenvalue weighted by Crippen LogP contribution is 1.93. The molecule has 0 aliphatic heterocycles. The van der Waals surface area contributed by atoms with Gasteiger partial charge in [0.15, 0.2) is 0 Å². The van der Waals surface area contributed by atoms with Crippen LogP contribution in [0.5, 0.6) is 0 Å². The second kappa shape index (κ2) is 3.71. The van der Waals surface area contributed by atoms with Gasteiger partial charge in [-0.25, -0.2) is 0 Å². The minimum atomic E-state index is -0.270. The summed E-state index contributed by atoms with van der Waals surface area (Å²) >= 11 is 0. The number of rotatable bonds is 2. The number of nitrogens with zero attached hydrogens (tertiary/aromatic N) is 1. The lowest BCUT2D eigenvalue weighted by Crippen LogP contribution is -2.19. The van der Waals surface area contributed by atoms with Gasteiger partial charge >= 0.3 is 0 Å². The van der Waals surface area contributed by atoms with Crippen molar-refractivity contribution >= 4 is 5.91 Å². The predicted octanol–water partition coefficient (Wildman–Crippen LogP) is 0.532. The molecule has 0 fully saturated rings. The summed E-state index contributed by atoms with van der Waals surface area (Å²) in [6.07, 6.45) is 3.39. The van der Waals surface area contributed by atoms with Gasteiger partial charge in [0.25, 0.3) is 0 Å². The average molecular weight is 149 g/mol. The first-order chi connectivity index (χ1) is 5.29. The van der Waals surface area contributed by atoms with Crippen LogP contribution < -0.4 is 5.32 Å². The van der Waals surface area contributed by atoms with Gasteiger partial charge < -0.3 is 5.32 Å². The summed E-state index contributed by atoms with van der Waals surface area (Å²) < 4.78 is 0. The Morgan fingerprint density at radius 1 is 1.73 bits per heavy atom. The third-order valence-corrected chi connectivity index (χ3v) is 1.21. The smallest absolute Gasteiger partial charge is 0.220 e. The van der Waals surface area contributed by atoms with Gasteiger partial charge in [-0.15, -0.1) is 0 Å². The molecule has 1 aromatic heterocycles. The summed E-state index contributed by atoms with van der Waals surface area (Å²) in [5.74, 6) is -0.270. The van der Waals surface area contributed by atoms with E-state index >= 15 is 0 Å². The van der Waals surface area contributed by atoms with Crippen LogP contribution in [-0.4, -0.2) is 10.9 Å². The van der Waals surface area contributed by atoms with Crippen molar-refractivity contribution in [2.24, 2.45) is 0 Å². The number of aromatic nitrogens is 1. The quantitative estimate of drug-likeness (QED) is 0.666. The largest absolute Gasteiger partial charge is 0.352 e. The first-order valence-corrected chi connectivity index (χ1v) is 3.28. The Morgan fingerprint density at radius 2 is 2.55 bits per heavy atom. The maximum absolute atomic E-state index is 10.4. The van der Waals surface area contributed by atoms with Gasteiger partial charge in [0.05, 0.1) is 0 Å². The molecule has 1 radical (unpaired) electrons. The van der Waals surface area contributed by atoms with Gasteiger partial charge in [-0.05, 0) is 11.6 Å². The minimum absolute atomic E-state index is 0.270. The summed E-state index contributed by atoms with van der Waals surface area (Å²) in [6.45, 7) is 3.68. The van der Waals surface area contributed by atoms with E-state index in [1.165, 1.54) is 0 Å². The van der Waals surface area contributed by atoms with Crippen molar-refractivity contribution in [1.29, 1.82) is 0 Å². The van der Waals surface area contributed by atoms with Gasteiger partial charge in [-0.3, -0.25) is 9.78 Å². The fourth-order valence-corrected chi connectivity index (χ4v) is 0.703. The van der Waals surface area contributed by atoms with E-state index in [2.05, 4.69) is 17.2 Å². The van der Waals surface area contributed by atoms with Crippen LogP contribution in [-0.2, 0) is 11.3 Å². The molecule has 0 saturated heterocycles. The van der Waals surface area contributed by atoms with Gasteiger partial charge in [0.1, 0.15) is 0 Å². The molecule has 0 atom stereocenters. The van der Waals surface area contributed by atoms with Gasteiger partial charge in [0, 0.05) is 25.9 Å². The van der Waals surface area contributed by atoms with Gasteiger partial charge in [-0.1, -0.05) is 6.07 Å². The Morgan fingerprint density at radius 3 is 3.09 bits per heavy atom. The summed E-state index contributed by atoms with van der Waals surface area (Å²) in [5, 5.41) is 2.57. The Hall–Kier alpha value is -1.38. The predicted molar refractivity (Wildman–Crippen MR) is 41.4 cm³/mol.